The van der Waals surface area contributed by atoms with Gasteiger partial charge in [-0.25, -0.2) is 0 Å². The van der Waals surface area contributed by atoms with Crippen molar-refractivity contribution in [2.45, 2.75) is 18.4 Å². The van der Waals surface area contributed by atoms with E-state index in [2.05, 4.69) is 46.2 Å². The third kappa shape index (κ3) is 2.84. The van der Waals surface area contributed by atoms with Crippen LogP contribution in [0.3, 0.4) is 0 Å². The molecule has 5 heteroatoms. The Morgan fingerprint density at radius 3 is 2.62 bits per heavy atom. The lowest BCUT2D eigenvalue weighted by Crippen LogP contribution is -2.49. The van der Waals surface area contributed by atoms with Crippen molar-refractivity contribution < 1.29 is 4.79 Å². The van der Waals surface area contributed by atoms with Gasteiger partial charge in [-0.1, -0.05) is 30.3 Å². The third-order valence-corrected chi connectivity index (χ3v) is 5.31. The molecule has 1 aromatic heterocycles. The van der Waals surface area contributed by atoms with Crippen LogP contribution in [0.1, 0.15) is 29.5 Å². The molecule has 1 aliphatic heterocycles. The summed E-state index contributed by atoms with van der Waals surface area (Å²) in [6.07, 6.45) is 4.89. The Hall–Kier alpha value is -2.14. The van der Waals surface area contributed by atoms with Crippen molar-refractivity contribution in [3.63, 3.8) is 0 Å². The van der Waals surface area contributed by atoms with Crippen LogP contribution in [0.25, 0.3) is 0 Å². The smallest absolute Gasteiger partial charge is 0.226 e. The largest absolute Gasteiger partial charge is 0.333 e. The number of carbonyl (C=O) groups is 1. The highest BCUT2D eigenvalue weighted by Gasteiger charge is 2.48. The van der Waals surface area contributed by atoms with Crippen LogP contribution in [-0.4, -0.2) is 52.2 Å². The van der Waals surface area contributed by atoms with Gasteiger partial charge in [0.15, 0.2) is 0 Å². The summed E-state index contributed by atoms with van der Waals surface area (Å²) in [5, 5.41) is 4.24. The van der Waals surface area contributed by atoms with E-state index in [0.29, 0.717) is 11.8 Å². The molecule has 2 heterocycles. The zero-order chi connectivity index (χ0) is 16.7. The maximum absolute atomic E-state index is 13.1. The summed E-state index contributed by atoms with van der Waals surface area (Å²) in [6, 6.07) is 10.6. The minimum atomic E-state index is 0.129. The van der Waals surface area contributed by atoms with Crippen LogP contribution in [0.2, 0.25) is 0 Å². The van der Waals surface area contributed by atoms with Gasteiger partial charge in [0.25, 0.3) is 0 Å². The molecule has 1 amide bonds. The molecule has 2 fully saturated rings. The molecule has 4 rings (SSSR count). The zero-order valence-corrected chi connectivity index (χ0v) is 14.3. The first-order valence-electron chi connectivity index (χ1n) is 8.66. The number of aromatic nitrogens is 2. The van der Waals surface area contributed by atoms with E-state index in [9.17, 15) is 4.79 Å². The molecule has 0 N–H and O–H groups in total. The average Bonchev–Trinajstić information content (AvgIpc) is 3.29. The fraction of sp³-hybridized carbons (Fsp3) is 0.474. The monoisotopic (exact) mass is 324 g/mol. The van der Waals surface area contributed by atoms with E-state index in [4.69, 9.17) is 0 Å². The van der Waals surface area contributed by atoms with Gasteiger partial charge in [0.05, 0.1) is 12.2 Å². The number of nitrogens with zero attached hydrogens (tertiary/aromatic N) is 4. The molecule has 0 radical (unpaired) electrons. The average molecular weight is 324 g/mol. The predicted octanol–water partition coefficient (Wildman–Crippen LogP) is 2.04. The fourth-order valence-electron chi connectivity index (χ4n) is 3.82. The Morgan fingerprint density at radius 2 is 1.92 bits per heavy atom. The van der Waals surface area contributed by atoms with Gasteiger partial charge in [0.1, 0.15) is 0 Å². The molecule has 5 nitrogen and oxygen atoms in total. The molecule has 2 aromatic rings. The second kappa shape index (κ2) is 6.06. The van der Waals surface area contributed by atoms with Gasteiger partial charge in [0.2, 0.25) is 5.91 Å². The highest BCUT2D eigenvalue weighted by Crippen LogP contribution is 2.49. The molecule has 0 bridgehead atoms. The standard InChI is InChI=1S/C19H24N4O/c1-21-8-9-23(18(13-21)14-6-4-3-5-7-14)19(24)17-10-16(17)15-11-20-22(2)12-15/h3-7,11-12,16-18H,8-10,13H2,1-2H3/t16-,17-,18-/m1/s1. The zero-order valence-electron chi connectivity index (χ0n) is 14.3. The molecular weight excluding hydrogens is 300 g/mol. The highest BCUT2D eigenvalue weighted by molar-refractivity contribution is 5.83. The van der Waals surface area contributed by atoms with E-state index in [1.165, 1.54) is 11.1 Å². The lowest BCUT2D eigenvalue weighted by atomic mass is 10.0. The van der Waals surface area contributed by atoms with E-state index in [-0.39, 0.29) is 12.0 Å². The summed E-state index contributed by atoms with van der Waals surface area (Å²) < 4.78 is 1.82. The molecule has 126 valence electrons. The van der Waals surface area contributed by atoms with Gasteiger partial charge in [0, 0.05) is 38.8 Å². The van der Waals surface area contributed by atoms with Crippen molar-refractivity contribution in [2.75, 3.05) is 26.7 Å². The van der Waals surface area contributed by atoms with Crippen molar-refractivity contribution in [3.8, 4) is 0 Å². The summed E-state index contributed by atoms with van der Waals surface area (Å²) in [6.45, 7) is 2.66. The predicted molar refractivity (Wildman–Crippen MR) is 92.4 cm³/mol. The molecule has 1 aromatic carbocycles. The number of hydrogen-bond donors (Lipinski definition) is 0. The summed E-state index contributed by atoms with van der Waals surface area (Å²) in [5.41, 5.74) is 2.43. The van der Waals surface area contributed by atoms with Gasteiger partial charge < -0.3 is 9.80 Å². The second-order valence-corrected chi connectivity index (χ2v) is 7.12. The minimum Gasteiger partial charge on any atom is -0.333 e. The van der Waals surface area contributed by atoms with Crippen LogP contribution in [0, 0.1) is 5.92 Å². The molecule has 0 spiro atoms. The molecule has 3 atom stereocenters. The quantitative estimate of drug-likeness (QED) is 0.867. The molecule has 2 aliphatic rings. The Morgan fingerprint density at radius 1 is 1.12 bits per heavy atom. The van der Waals surface area contributed by atoms with Crippen molar-refractivity contribution in [2.24, 2.45) is 13.0 Å². The summed E-state index contributed by atoms with van der Waals surface area (Å²) >= 11 is 0. The normalized spacial score (nSPS) is 27.2. The van der Waals surface area contributed by atoms with Crippen molar-refractivity contribution >= 4 is 5.91 Å². The topological polar surface area (TPSA) is 41.4 Å². The summed E-state index contributed by atoms with van der Waals surface area (Å²) in [4.78, 5) is 17.5. The summed E-state index contributed by atoms with van der Waals surface area (Å²) in [5.74, 6) is 0.789. The highest BCUT2D eigenvalue weighted by atomic mass is 16.2. The molecule has 1 saturated heterocycles. The second-order valence-electron chi connectivity index (χ2n) is 7.12. The number of benzene rings is 1. The molecule has 1 saturated carbocycles. The Labute approximate surface area is 142 Å². The Balaban J connectivity index is 1.52. The lowest BCUT2D eigenvalue weighted by Gasteiger charge is -2.40. The van der Waals surface area contributed by atoms with Crippen LogP contribution in [-0.2, 0) is 11.8 Å². The van der Waals surface area contributed by atoms with Crippen LogP contribution < -0.4 is 0 Å². The van der Waals surface area contributed by atoms with Gasteiger partial charge in [-0.05, 0) is 30.5 Å². The molecular formula is C19H24N4O. The SMILES string of the molecule is CN1CCN(C(=O)[C@@H]2C[C@@H]2c2cnn(C)c2)[C@@H](c2ccccc2)C1. The van der Waals surface area contributed by atoms with Gasteiger partial charge in [-0.2, -0.15) is 5.10 Å². The van der Waals surface area contributed by atoms with Crippen LogP contribution in [0.4, 0.5) is 0 Å². The lowest BCUT2D eigenvalue weighted by molar-refractivity contribution is -0.137. The number of amides is 1. The molecule has 0 unspecified atom stereocenters. The Kier molecular flexibility index (Phi) is 3.88. The van der Waals surface area contributed by atoms with E-state index < -0.39 is 0 Å². The first kappa shape index (κ1) is 15.4. The van der Waals surface area contributed by atoms with E-state index in [1.807, 2.05) is 30.2 Å². The fourth-order valence-corrected chi connectivity index (χ4v) is 3.82. The first-order valence-corrected chi connectivity index (χ1v) is 8.66. The van der Waals surface area contributed by atoms with E-state index in [1.54, 1.807) is 0 Å². The number of piperazine rings is 1. The number of hydrogen-bond acceptors (Lipinski definition) is 3. The number of rotatable bonds is 3. The van der Waals surface area contributed by atoms with Crippen molar-refractivity contribution in [3.05, 3.63) is 53.9 Å². The van der Waals surface area contributed by atoms with Gasteiger partial charge in [-0.3, -0.25) is 9.48 Å². The van der Waals surface area contributed by atoms with Gasteiger partial charge in [-0.15, -0.1) is 0 Å². The van der Waals surface area contributed by atoms with E-state index >= 15 is 0 Å². The molecule has 1 aliphatic carbocycles. The van der Waals surface area contributed by atoms with E-state index in [0.717, 1.165) is 26.1 Å². The van der Waals surface area contributed by atoms with Crippen LogP contribution >= 0.6 is 0 Å². The van der Waals surface area contributed by atoms with Crippen molar-refractivity contribution in [1.29, 1.82) is 0 Å². The van der Waals surface area contributed by atoms with Crippen LogP contribution in [0.15, 0.2) is 42.7 Å². The van der Waals surface area contributed by atoms with Crippen LogP contribution in [0.5, 0.6) is 0 Å². The van der Waals surface area contributed by atoms with Gasteiger partial charge >= 0.3 is 0 Å². The summed E-state index contributed by atoms with van der Waals surface area (Å²) in [7, 11) is 4.06. The maximum atomic E-state index is 13.1. The first-order chi connectivity index (χ1) is 11.6. The molecule has 24 heavy (non-hydrogen) atoms. The number of aryl methyl sites for hydroxylation is 1. The number of carbonyl (C=O) groups excluding carboxylic acids is 1. The van der Waals surface area contributed by atoms with Crippen molar-refractivity contribution in [1.82, 2.24) is 19.6 Å². The Bertz CT molecular complexity index is 726. The maximum Gasteiger partial charge on any atom is 0.226 e. The third-order valence-electron chi connectivity index (χ3n) is 5.31. The number of likely N-dealkylation sites (N-methyl/N-ethyl adjacent to an activating group) is 1. The minimum absolute atomic E-state index is 0.129.